The largest absolute Gasteiger partial charge is 0.351 e. The Labute approximate surface area is 163 Å². The van der Waals surface area contributed by atoms with Crippen LogP contribution in [0.1, 0.15) is 48.8 Å². The van der Waals surface area contributed by atoms with E-state index in [0.717, 1.165) is 25.1 Å². The molecule has 0 spiro atoms. The second-order valence-corrected chi connectivity index (χ2v) is 7.43. The molecule has 1 fully saturated rings. The van der Waals surface area contributed by atoms with Crippen LogP contribution in [0.2, 0.25) is 0 Å². The van der Waals surface area contributed by atoms with Crippen molar-refractivity contribution < 1.29 is 4.79 Å². The Balaban J connectivity index is 1.57. The van der Waals surface area contributed by atoms with Gasteiger partial charge in [-0.15, -0.1) is 0 Å². The number of nitrogens with one attached hydrogen (secondary N) is 2. The molecule has 3 aromatic heterocycles. The first kappa shape index (κ1) is 18.1. The van der Waals surface area contributed by atoms with Crippen LogP contribution in [-0.4, -0.2) is 30.6 Å². The molecule has 2 N–H and O–H groups in total. The first-order valence-electron chi connectivity index (χ1n) is 9.46. The highest BCUT2D eigenvalue weighted by atomic mass is 16.2. The lowest BCUT2D eigenvalue weighted by Crippen LogP contribution is -2.17. The number of anilines is 3. The van der Waals surface area contributed by atoms with Crippen LogP contribution in [0.5, 0.6) is 0 Å². The number of carbonyl (C=O) groups excluding carboxylic acids is 1. The third kappa shape index (κ3) is 4.33. The van der Waals surface area contributed by atoms with Gasteiger partial charge in [-0.05, 0) is 30.9 Å². The van der Waals surface area contributed by atoms with Gasteiger partial charge in [-0.2, -0.15) is 5.10 Å². The molecule has 0 bridgehead atoms. The Morgan fingerprint density at radius 2 is 2.00 bits per heavy atom. The quantitative estimate of drug-likeness (QED) is 0.653. The maximum Gasteiger partial charge on any atom is 0.277 e. The van der Waals surface area contributed by atoms with Gasteiger partial charge >= 0.3 is 0 Å². The zero-order chi connectivity index (χ0) is 19.5. The summed E-state index contributed by atoms with van der Waals surface area (Å²) in [6.45, 7) is 5.04. The molecule has 144 valence electrons. The second-order valence-electron chi connectivity index (χ2n) is 7.43. The predicted molar refractivity (Wildman–Crippen MR) is 107 cm³/mol. The summed E-state index contributed by atoms with van der Waals surface area (Å²) in [5.74, 6) is 1.14. The predicted octanol–water partition coefficient (Wildman–Crippen LogP) is 3.60. The average Bonchev–Trinajstić information content (AvgIpc) is 3.44. The molecule has 8 heteroatoms. The fourth-order valence-electron chi connectivity index (χ4n) is 2.95. The van der Waals surface area contributed by atoms with Gasteiger partial charge in [0.05, 0.1) is 23.8 Å². The van der Waals surface area contributed by atoms with Gasteiger partial charge in [0.2, 0.25) is 0 Å². The summed E-state index contributed by atoms with van der Waals surface area (Å²) in [6.07, 6.45) is 8.86. The minimum Gasteiger partial charge on any atom is -0.351 e. The lowest BCUT2D eigenvalue weighted by atomic mass is 10.2. The second kappa shape index (κ2) is 7.75. The van der Waals surface area contributed by atoms with E-state index < -0.39 is 0 Å². The molecule has 3 aromatic rings. The minimum atomic E-state index is -0.295. The van der Waals surface area contributed by atoms with Crippen molar-refractivity contribution in [1.82, 2.24) is 24.7 Å². The van der Waals surface area contributed by atoms with Crippen LogP contribution in [-0.2, 0) is 6.54 Å². The number of hydrogen-bond acceptors (Lipinski definition) is 6. The molecule has 28 heavy (non-hydrogen) atoms. The Kier molecular flexibility index (Phi) is 5.01. The Hall–Kier alpha value is -3.29. The van der Waals surface area contributed by atoms with Gasteiger partial charge < -0.3 is 10.6 Å². The van der Waals surface area contributed by atoms with Gasteiger partial charge in [0.25, 0.3) is 5.91 Å². The van der Waals surface area contributed by atoms with Crippen LogP contribution >= 0.6 is 0 Å². The minimum absolute atomic E-state index is 0.295. The van der Waals surface area contributed by atoms with E-state index >= 15 is 0 Å². The van der Waals surface area contributed by atoms with Crippen LogP contribution in [0.3, 0.4) is 0 Å². The van der Waals surface area contributed by atoms with Crippen LogP contribution < -0.4 is 10.6 Å². The fourth-order valence-corrected chi connectivity index (χ4v) is 2.95. The molecule has 0 unspecified atom stereocenters. The van der Waals surface area contributed by atoms with Crippen molar-refractivity contribution in [3.63, 3.8) is 0 Å². The van der Waals surface area contributed by atoms with E-state index in [9.17, 15) is 4.79 Å². The van der Waals surface area contributed by atoms with Crippen molar-refractivity contribution >= 4 is 23.1 Å². The van der Waals surface area contributed by atoms with E-state index in [-0.39, 0.29) is 5.91 Å². The monoisotopic (exact) mass is 377 g/mol. The number of carbonyl (C=O) groups is 1. The number of amides is 1. The molecule has 0 radical (unpaired) electrons. The zero-order valence-electron chi connectivity index (χ0n) is 16.0. The van der Waals surface area contributed by atoms with Crippen molar-refractivity contribution in [2.75, 3.05) is 10.6 Å². The molecular weight excluding hydrogens is 354 g/mol. The molecule has 4 rings (SSSR count). The van der Waals surface area contributed by atoms with Gasteiger partial charge in [-0.3, -0.25) is 9.48 Å². The summed E-state index contributed by atoms with van der Waals surface area (Å²) in [4.78, 5) is 25.6. The van der Waals surface area contributed by atoms with Crippen LogP contribution in [0.25, 0.3) is 0 Å². The zero-order valence-corrected chi connectivity index (χ0v) is 16.0. The molecule has 1 aliphatic carbocycles. The van der Waals surface area contributed by atoms with Gasteiger partial charge in [-0.25, -0.2) is 15.0 Å². The normalized spacial score (nSPS) is 13.5. The maximum atomic E-state index is 13.0. The van der Waals surface area contributed by atoms with E-state index in [2.05, 4.69) is 44.5 Å². The van der Waals surface area contributed by atoms with Gasteiger partial charge in [0, 0.05) is 30.4 Å². The van der Waals surface area contributed by atoms with Crippen molar-refractivity contribution in [1.29, 1.82) is 0 Å². The lowest BCUT2D eigenvalue weighted by molar-refractivity contribution is 0.102. The summed E-state index contributed by atoms with van der Waals surface area (Å²) in [7, 11) is 0. The van der Waals surface area contributed by atoms with Crippen LogP contribution in [0.4, 0.5) is 17.2 Å². The Morgan fingerprint density at radius 3 is 2.71 bits per heavy atom. The molecule has 1 amide bonds. The first-order valence-corrected chi connectivity index (χ1v) is 9.46. The molecule has 8 nitrogen and oxygen atoms in total. The van der Waals surface area contributed by atoms with E-state index in [0.29, 0.717) is 34.7 Å². The smallest absolute Gasteiger partial charge is 0.277 e. The lowest BCUT2D eigenvalue weighted by Gasteiger charge is -2.12. The molecule has 0 saturated heterocycles. The molecular formula is C20H23N7O. The summed E-state index contributed by atoms with van der Waals surface area (Å²) in [6, 6.07) is 5.65. The number of hydrogen-bond donors (Lipinski definition) is 2. The highest BCUT2D eigenvalue weighted by molar-refractivity contribution is 6.06. The Bertz CT molecular complexity index is 964. The highest BCUT2D eigenvalue weighted by Crippen LogP contribution is 2.39. The molecule has 0 atom stereocenters. The molecule has 0 aromatic carbocycles. The van der Waals surface area contributed by atoms with Crippen molar-refractivity contribution in [2.45, 2.75) is 39.2 Å². The first-order chi connectivity index (χ1) is 13.6. The van der Waals surface area contributed by atoms with Crippen molar-refractivity contribution in [2.24, 2.45) is 5.92 Å². The van der Waals surface area contributed by atoms with E-state index in [1.807, 2.05) is 23.0 Å². The molecule has 0 aliphatic heterocycles. The molecule has 3 heterocycles. The topological polar surface area (TPSA) is 97.6 Å². The summed E-state index contributed by atoms with van der Waals surface area (Å²) in [5.41, 5.74) is 2.59. The van der Waals surface area contributed by atoms with Crippen molar-refractivity contribution in [3.8, 4) is 0 Å². The van der Waals surface area contributed by atoms with Crippen molar-refractivity contribution in [3.05, 3.63) is 54.5 Å². The van der Waals surface area contributed by atoms with E-state index in [1.165, 1.54) is 6.33 Å². The summed E-state index contributed by atoms with van der Waals surface area (Å²) >= 11 is 0. The fraction of sp³-hybridized carbons (Fsp3) is 0.350. The average molecular weight is 377 g/mol. The van der Waals surface area contributed by atoms with Gasteiger partial charge in [-0.1, -0.05) is 13.8 Å². The standard InChI is InChI=1S/C20H23N7O/c1-13(2)11-27-8-7-18(26-27)25-20(28)19-17(23-15-9-21-12-22-10-15)6-5-16(24-19)14-3-4-14/h5-10,12-14,23H,3-4,11H2,1-2H3,(H,25,26,28). The van der Waals surface area contributed by atoms with Crippen LogP contribution in [0, 0.1) is 5.92 Å². The van der Waals surface area contributed by atoms with Crippen LogP contribution in [0.15, 0.2) is 43.1 Å². The molecule has 1 aliphatic rings. The third-order valence-corrected chi connectivity index (χ3v) is 4.40. The van der Waals surface area contributed by atoms with Gasteiger partial charge in [0.1, 0.15) is 6.33 Å². The Morgan fingerprint density at radius 1 is 1.21 bits per heavy atom. The summed E-state index contributed by atoms with van der Waals surface area (Å²) in [5, 5.41) is 10.5. The van der Waals surface area contributed by atoms with E-state index in [4.69, 9.17) is 0 Å². The molecule has 1 saturated carbocycles. The summed E-state index contributed by atoms with van der Waals surface area (Å²) < 4.78 is 1.83. The van der Waals surface area contributed by atoms with Gasteiger partial charge in [0.15, 0.2) is 11.5 Å². The maximum absolute atomic E-state index is 13.0. The number of aromatic nitrogens is 5. The number of pyridine rings is 1. The van der Waals surface area contributed by atoms with E-state index in [1.54, 1.807) is 18.5 Å². The number of rotatable bonds is 7. The number of nitrogens with zero attached hydrogens (tertiary/aromatic N) is 5. The third-order valence-electron chi connectivity index (χ3n) is 4.40. The SMILES string of the molecule is CC(C)Cn1ccc(NC(=O)c2nc(C3CC3)ccc2Nc2cncnc2)n1. The highest BCUT2D eigenvalue weighted by Gasteiger charge is 2.27.